The molecule has 0 aliphatic rings. The largest absolute Gasteiger partial charge is 0.507 e. The highest BCUT2D eigenvalue weighted by molar-refractivity contribution is 6.01. The molecule has 0 heterocycles. The molecule has 0 spiro atoms. The second-order valence-electron chi connectivity index (χ2n) is 6.15. The number of phenols is 1. The topological polar surface area (TPSA) is 69.6 Å². The molecule has 26 heavy (non-hydrogen) atoms. The van der Waals surface area contributed by atoms with Gasteiger partial charge in [-0.25, -0.2) is 0 Å². The minimum Gasteiger partial charge on any atom is -0.507 e. The molecule has 0 aromatic heterocycles. The maximum absolute atomic E-state index is 12.7. The molecule has 5 heteroatoms. The van der Waals surface area contributed by atoms with Crippen LogP contribution in [0.1, 0.15) is 26.3 Å². The second-order valence-corrected chi connectivity index (χ2v) is 6.15. The molecule has 5 nitrogen and oxygen atoms in total. The molecule has 0 radical (unpaired) electrons. The summed E-state index contributed by atoms with van der Waals surface area (Å²) >= 11 is 0. The van der Waals surface area contributed by atoms with Gasteiger partial charge in [-0.3, -0.25) is 9.59 Å². The molecule has 0 saturated heterocycles. The van der Waals surface area contributed by atoms with Crippen molar-refractivity contribution in [3.63, 3.8) is 0 Å². The van der Waals surface area contributed by atoms with Gasteiger partial charge in [0.15, 0.2) is 0 Å². The molecule has 0 atom stereocenters. The van der Waals surface area contributed by atoms with Crippen LogP contribution in [0.3, 0.4) is 0 Å². The number of nitrogens with zero attached hydrogens (tertiary/aromatic N) is 1. The summed E-state index contributed by atoms with van der Waals surface area (Å²) in [5.41, 5.74) is 1.74. The van der Waals surface area contributed by atoms with Crippen molar-refractivity contribution >= 4 is 22.6 Å². The van der Waals surface area contributed by atoms with E-state index < -0.39 is 0 Å². The number of hydrogen-bond acceptors (Lipinski definition) is 3. The highest BCUT2D eigenvalue weighted by atomic mass is 16.3. The highest BCUT2D eigenvalue weighted by Gasteiger charge is 2.17. The van der Waals surface area contributed by atoms with Crippen molar-refractivity contribution < 1.29 is 14.7 Å². The first-order chi connectivity index (χ1) is 12.5. The lowest BCUT2D eigenvalue weighted by atomic mass is 10.0. The summed E-state index contributed by atoms with van der Waals surface area (Å²) in [6.07, 6.45) is 0. The van der Waals surface area contributed by atoms with Gasteiger partial charge in [0.1, 0.15) is 5.75 Å². The molecular formula is C21H20N2O3. The number of nitrogens with one attached hydrogen (secondary N) is 1. The van der Waals surface area contributed by atoms with E-state index in [4.69, 9.17) is 0 Å². The number of fused-ring (bicyclic) bond motifs is 1. The number of rotatable bonds is 4. The van der Waals surface area contributed by atoms with Crippen molar-refractivity contribution in [3.05, 3.63) is 77.4 Å². The third-order valence-corrected chi connectivity index (χ3v) is 4.30. The fourth-order valence-electron chi connectivity index (χ4n) is 2.86. The van der Waals surface area contributed by atoms with E-state index in [1.54, 1.807) is 43.3 Å². The minimum atomic E-state index is -0.261. The minimum absolute atomic E-state index is 0.0319. The van der Waals surface area contributed by atoms with Gasteiger partial charge in [0.05, 0.1) is 5.56 Å². The van der Waals surface area contributed by atoms with Crippen molar-refractivity contribution in [2.75, 3.05) is 14.1 Å². The fourth-order valence-corrected chi connectivity index (χ4v) is 2.86. The molecule has 2 N–H and O–H groups in total. The normalized spacial score (nSPS) is 10.5. The van der Waals surface area contributed by atoms with Gasteiger partial charge >= 0.3 is 0 Å². The van der Waals surface area contributed by atoms with Crippen LogP contribution in [0.4, 0.5) is 0 Å². The number of hydrogen-bond donors (Lipinski definition) is 2. The van der Waals surface area contributed by atoms with Crippen LogP contribution in [0.25, 0.3) is 10.8 Å². The average Bonchev–Trinajstić information content (AvgIpc) is 2.66. The molecule has 132 valence electrons. The zero-order valence-corrected chi connectivity index (χ0v) is 14.7. The van der Waals surface area contributed by atoms with Gasteiger partial charge in [0.25, 0.3) is 11.8 Å². The lowest BCUT2D eigenvalue weighted by molar-refractivity contribution is 0.0781. The number of phenolic OH excluding ortho intramolecular Hbond substituents is 1. The Bertz CT molecular complexity index is 965. The lowest BCUT2D eigenvalue weighted by Crippen LogP contribution is -2.26. The monoisotopic (exact) mass is 348 g/mol. The second kappa shape index (κ2) is 7.27. The van der Waals surface area contributed by atoms with E-state index in [9.17, 15) is 14.7 Å². The molecule has 0 saturated carbocycles. The number of amides is 2. The maximum Gasteiger partial charge on any atom is 0.257 e. The van der Waals surface area contributed by atoms with Crippen molar-refractivity contribution in [2.24, 2.45) is 0 Å². The molecule has 3 aromatic rings. The van der Waals surface area contributed by atoms with Crippen molar-refractivity contribution in [1.82, 2.24) is 10.2 Å². The zero-order valence-electron chi connectivity index (χ0n) is 14.7. The van der Waals surface area contributed by atoms with E-state index in [0.29, 0.717) is 12.1 Å². The molecule has 0 unspecified atom stereocenters. The number of benzene rings is 3. The quantitative estimate of drug-likeness (QED) is 0.761. The smallest absolute Gasteiger partial charge is 0.257 e. The molecule has 0 aliphatic heterocycles. The Labute approximate surface area is 151 Å². The maximum atomic E-state index is 12.7. The molecule has 3 rings (SSSR count). The predicted octanol–water partition coefficient (Wildman–Crippen LogP) is 3.18. The highest BCUT2D eigenvalue weighted by Crippen LogP contribution is 2.26. The van der Waals surface area contributed by atoms with Crippen LogP contribution < -0.4 is 5.32 Å². The van der Waals surface area contributed by atoms with E-state index in [-0.39, 0.29) is 23.1 Å². The van der Waals surface area contributed by atoms with Gasteiger partial charge in [-0.05, 0) is 40.6 Å². The van der Waals surface area contributed by atoms with E-state index in [1.165, 1.54) is 0 Å². The number of carbonyl (C=O) groups is 2. The summed E-state index contributed by atoms with van der Waals surface area (Å²) in [6, 6.07) is 18.0. The van der Waals surface area contributed by atoms with E-state index in [1.807, 2.05) is 36.4 Å². The Balaban J connectivity index is 1.79. The van der Waals surface area contributed by atoms with Gasteiger partial charge in [-0.2, -0.15) is 0 Å². The Morgan fingerprint density at radius 1 is 1.00 bits per heavy atom. The van der Waals surface area contributed by atoms with Gasteiger partial charge < -0.3 is 15.3 Å². The summed E-state index contributed by atoms with van der Waals surface area (Å²) in [5, 5.41) is 14.6. The van der Waals surface area contributed by atoms with Crippen LogP contribution in [0.15, 0.2) is 60.7 Å². The van der Waals surface area contributed by atoms with Crippen LogP contribution in [0.5, 0.6) is 5.75 Å². The lowest BCUT2D eigenvalue weighted by Gasteiger charge is -2.18. The Kier molecular flexibility index (Phi) is 4.89. The van der Waals surface area contributed by atoms with Crippen molar-refractivity contribution in [3.8, 4) is 5.75 Å². The zero-order chi connectivity index (χ0) is 18.7. The number of aromatic hydroxyl groups is 1. The summed E-state index contributed by atoms with van der Waals surface area (Å²) < 4.78 is 0. The van der Waals surface area contributed by atoms with Crippen LogP contribution in [0, 0.1) is 0 Å². The van der Waals surface area contributed by atoms with E-state index >= 15 is 0 Å². The van der Waals surface area contributed by atoms with E-state index in [0.717, 1.165) is 16.3 Å². The molecular weight excluding hydrogens is 328 g/mol. The standard InChI is InChI=1S/C21H20N2O3/c1-22-20(25)15-9-7-14(8-10-15)13-23(2)21(26)18-11-16-5-3-4-6-17(16)12-19(18)24/h3-12,24H,13H2,1-2H3,(H,22,25). The molecule has 3 aromatic carbocycles. The summed E-state index contributed by atoms with van der Waals surface area (Å²) in [7, 11) is 3.27. The molecule has 0 aliphatic carbocycles. The van der Waals surface area contributed by atoms with Crippen molar-refractivity contribution in [2.45, 2.75) is 6.54 Å². The van der Waals surface area contributed by atoms with Gasteiger partial charge in [0, 0.05) is 26.2 Å². The summed E-state index contributed by atoms with van der Waals surface area (Å²) in [5.74, 6) is -0.443. The third kappa shape index (κ3) is 3.52. The molecule has 2 amide bonds. The van der Waals surface area contributed by atoms with Gasteiger partial charge in [-0.1, -0.05) is 36.4 Å². The average molecular weight is 348 g/mol. The van der Waals surface area contributed by atoms with Crippen LogP contribution in [-0.4, -0.2) is 35.9 Å². The first-order valence-electron chi connectivity index (χ1n) is 8.28. The van der Waals surface area contributed by atoms with E-state index in [2.05, 4.69) is 5.32 Å². The third-order valence-electron chi connectivity index (χ3n) is 4.30. The van der Waals surface area contributed by atoms with Gasteiger partial charge in [-0.15, -0.1) is 0 Å². The summed E-state index contributed by atoms with van der Waals surface area (Å²) in [6.45, 7) is 0.374. The number of carbonyl (C=O) groups excluding carboxylic acids is 2. The predicted molar refractivity (Wildman–Crippen MR) is 101 cm³/mol. The summed E-state index contributed by atoms with van der Waals surface area (Å²) in [4.78, 5) is 25.9. The Morgan fingerprint density at radius 2 is 1.62 bits per heavy atom. The fraction of sp³-hybridized carbons (Fsp3) is 0.143. The van der Waals surface area contributed by atoms with Crippen LogP contribution in [0.2, 0.25) is 0 Å². The van der Waals surface area contributed by atoms with Crippen LogP contribution in [-0.2, 0) is 6.54 Å². The Morgan fingerprint density at radius 3 is 2.23 bits per heavy atom. The first-order valence-corrected chi connectivity index (χ1v) is 8.28. The van der Waals surface area contributed by atoms with Gasteiger partial charge in [0.2, 0.25) is 0 Å². The SMILES string of the molecule is CNC(=O)c1ccc(CN(C)C(=O)c2cc3ccccc3cc2O)cc1. The molecule has 0 fully saturated rings. The molecule has 0 bridgehead atoms. The van der Waals surface area contributed by atoms with Crippen LogP contribution >= 0.6 is 0 Å². The van der Waals surface area contributed by atoms with Crippen molar-refractivity contribution in [1.29, 1.82) is 0 Å². The Hall–Kier alpha value is -3.34. The first kappa shape index (κ1) is 17.5.